The molecule has 0 atom stereocenters. The average molecular weight is 170 g/mol. The second-order valence-corrected chi connectivity index (χ2v) is 1.57. The minimum absolute atomic E-state index is 0. The maximum absolute atomic E-state index is 9.86. The molecule has 1 N–H and O–H groups in total. The first kappa shape index (κ1) is 13.5. The van der Waals surface area contributed by atoms with E-state index in [-0.39, 0.29) is 51.4 Å². The van der Waals surface area contributed by atoms with E-state index in [9.17, 15) is 9.90 Å². The SMILES string of the molecule is CCN(CC)NC(=O)[O-].[K+]. The van der Waals surface area contributed by atoms with Crippen molar-refractivity contribution in [2.24, 2.45) is 0 Å². The Morgan fingerprint density at radius 3 is 2.00 bits per heavy atom. The van der Waals surface area contributed by atoms with Crippen molar-refractivity contribution in [2.45, 2.75) is 13.8 Å². The molecule has 54 valence electrons. The fourth-order valence-corrected chi connectivity index (χ4v) is 0.511. The van der Waals surface area contributed by atoms with Gasteiger partial charge in [0.2, 0.25) is 0 Å². The summed E-state index contributed by atoms with van der Waals surface area (Å²) in [5.74, 6) is 0. The molecule has 0 bridgehead atoms. The minimum atomic E-state index is -1.25. The Kier molecular flexibility index (Phi) is 10.7. The van der Waals surface area contributed by atoms with E-state index < -0.39 is 6.09 Å². The fourth-order valence-electron chi connectivity index (χ4n) is 0.511. The third-order valence-corrected chi connectivity index (χ3v) is 1.01. The summed E-state index contributed by atoms with van der Waals surface area (Å²) in [5, 5.41) is 11.4. The maximum Gasteiger partial charge on any atom is 1.00 e. The van der Waals surface area contributed by atoms with Gasteiger partial charge >= 0.3 is 51.4 Å². The van der Waals surface area contributed by atoms with Gasteiger partial charge < -0.3 is 15.3 Å². The molecule has 0 spiro atoms. The zero-order valence-corrected chi connectivity index (χ0v) is 9.80. The molecule has 0 saturated carbocycles. The van der Waals surface area contributed by atoms with Crippen LogP contribution in [0.4, 0.5) is 4.79 Å². The molecular weight excluding hydrogens is 159 g/mol. The molecule has 10 heavy (non-hydrogen) atoms. The van der Waals surface area contributed by atoms with Gasteiger partial charge in [0, 0.05) is 13.1 Å². The molecule has 0 heterocycles. The molecule has 5 heteroatoms. The summed E-state index contributed by atoms with van der Waals surface area (Å²) in [6, 6.07) is 0. The summed E-state index contributed by atoms with van der Waals surface area (Å²) in [6.07, 6.45) is -1.25. The van der Waals surface area contributed by atoms with Gasteiger partial charge in [-0.2, -0.15) is 0 Å². The molecule has 0 aromatic rings. The number of rotatable bonds is 3. The first-order valence-corrected chi connectivity index (χ1v) is 2.93. The van der Waals surface area contributed by atoms with E-state index in [0.717, 1.165) is 0 Å². The maximum atomic E-state index is 9.86. The Morgan fingerprint density at radius 1 is 1.50 bits per heavy atom. The van der Waals surface area contributed by atoms with Gasteiger partial charge in [-0.05, 0) is 0 Å². The van der Waals surface area contributed by atoms with E-state index in [1.165, 1.54) is 5.01 Å². The zero-order chi connectivity index (χ0) is 7.28. The molecular formula is C5H11KN2O2. The van der Waals surface area contributed by atoms with Crippen LogP contribution in [0.2, 0.25) is 0 Å². The largest absolute Gasteiger partial charge is 1.00 e. The summed E-state index contributed by atoms with van der Waals surface area (Å²) in [7, 11) is 0. The average Bonchev–Trinajstić information content (AvgIpc) is 1.82. The molecule has 4 nitrogen and oxygen atoms in total. The molecule has 1 amide bonds. The van der Waals surface area contributed by atoms with Crippen LogP contribution in [-0.2, 0) is 0 Å². The second-order valence-electron chi connectivity index (χ2n) is 1.57. The van der Waals surface area contributed by atoms with Gasteiger partial charge in [-0.15, -0.1) is 0 Å². The number of hydrogen-bond donors (Lipinski definition) is 1. The van der Waals surface area contributed by atoms with E-state index in [0.29, 0.717) is 13.1 Å². The predicted octanol–water partition coefficient (Wildman–Crippen LogP) is -3.82. The van der Waals surface area contributed by atoms with Crippen LogP contribution in [0.25, 0.3) is 0 Å². The van der Waals surface area contributed by atoms with Crippen molar-refractivity contribution in [2.75, 3.05) is 13.1 Å². The summed E-state index contributed by atoms with van der Waals surface area (Å²) >= 11 is 0. The third kappa shape index (κ3) is 6.98. The Bertz CT molecular complexity index is 95.6. The number of carboxylic acid groups (broad SMARTS) is 1. The fraction of sp³-hybridized carbons (Fsp3) is 0.800. The number of hydrazine groups is 1. The van der Waals surface area contributed by atoms with Crippen LogP contribution in [0.1, 0.15) is 13.8 Å². The summed E-state index contributed by atoms with van der Waals surface area (Å²) in [6.45, 7) is 5.04. The number of amides is 1. The number of nitrogens with one attached hydrogen (secondary N) is 1. The Hall–Kier alpha value is 0.866. The van der Waals surface area contributed by atoms with Gasteiger partial charge in [0.25, 0.3) is 0 Å². The van der Waals surface area contributed by atoms with Gasteiger partial charge in [-0.25, -0.2) is 5.01 Å². The van der Waals surface area contributed by atoms with E-state index >= 15 is 0 Å². The van der Waals surface area contributed by atoms with E-state index in [4.69, 9.17) is 0 Å². The van der Waals surface area contributed by atoms with E-state index in [1.54, 1.807) is 0 Å². The topological polar surface area (TPSA) is 55.4 Å². The number of carbonyl (C=O) groups excluding carboxylic acids is 1. The standard InChI is InChI=1S/C5H12N2O2.K/c1-3-7(4-2)6-5(8)9;/h6H,3-4H2,1-2H3,(H,8,9);/q;+1/p-1. The van der Waals surface area contributed by atoms with Gasteiger partial charge in [-0.1, -0.05) is 13.8 Å². The molecule has 0 aromatic heterocycles. The molecule has 0 saturated heterocycles. The number of hydrogen-bond acceptors (Lipinski definition) is 3. The van der Waals surface area contributed by atoms with E-state index in [1.807, 2.05) is 13.8 Å². The van der Waals surface area contributed by atoms with Crippen LogP contribution in [0.5, 0.6) is 0 Å². The van der Waals surface area contributed by atoms with Crippen LogP contribution in [-0.4, -0.2) is 24.2 Å². The minimum Gasteiger partial charge on any atom is -0.529 e. The quantitative estimate of drug-likeness (QED) is 0.349. The number of carbonyl (C=O) groups is 1. The van der Waals surface area contributed by atoms with Crippen LogP contribution in [0, 0.1) is 0 Å². The zero-order valence-electron chi connectivity index (χ0n) is 6.68. The van der Waals surface area contributed by atoms with Crippen molar-refractivity contribution in [1.82, 2.24) is 10.4 Å². The van der Waals surface area contributed by atoms with Crippen LogP contribution >= 0.6 is 0 Å². The van der Waals surface area contributed by atoms with Crippen LogP contribution in [0.15, 0.2) is 0 Å². The molecule has 0 aliphatic heterocycles. The molecule has 0 aliphatic carbocycles. The summed E-state index contributed by atoms with van der Waals surface area (Å²) in [4.78, 5) is 9.86. The molecule has 0 rings (SSSR count). The Balaban J connectivity index is 0. The Labute approximate surface area is 103 Å². The van der Waals surface area contributed by atoms with Crippen LogP contribution in [0.3, 0.4) is 0 Å². The monoisotopic (exact) mass is 170 g/mol. The van der Waals surface area contributed by atoms with Gasteiger partial charge in [-0.3, -0.25) is 0 Å². The van der Waals surface area contributed by atoms with Gasteiger partial charge in [0.05, 0.1) is 0 Å². The third-order valence-electron chi connectivity index (χ3n) is 1.01. The van der Waals surface area contributed by atoms with Crippen LogP contribution < -0.4 is 61.9 Å². The molecule has 0 fully saturated rings. The van der Waals surface area contributed by atoms with E-state index in [2.05, 4.69) is 5.43 Å². The molecule has 0 aliphatic rings. The smallest absolute Gasteiger partial charge is 0.529 e. The summed E-state index contributed by atoms with van der Waals surface area (Å²) < 4.78 is 0. The number of nitrogens with zero attached hydrogens (tertiary/aromatic N) is 1. The van der Waals surface area contributed by atoms with Crippen molar-refractivity contribution in [3.63, 3.8) is 0 Å². The van der Waals surface area contributed by atoms with Crippen molar-refractivity contribution in [3.8, 4) is 0 Å². The van der Waals surface area contributed by atoms with Crippen molar-refractivity contribution in [3.05, 3.63) is 0 Å². The normalized spacial score (nSPS) is 8.70. The van der Waals surface area contributed by atoms with Crippen molar-refractivity contribution >= 4 is 6.09 Å². The van der Waals surface area contributed by atoms with Gasteiger partial charge in [0.1, 0.15) is 6.09 Å². The van der Waals surface area contributed by atoms with Crippen molar-refractivity contribution < 1.29 is 61.3 Å². The molecule has 0 aromatic carbocycles. The Morgan fingerprint density at radius 2 is 1.90 bits per heavy atom. The van der Waals surface area contributed by atoms with Crippen molar-refractivity contribution in [1.29, 1.82) is 0 Å². The second kappa shape index (κ2) is 7.97. The molecule has 0 radical (unpaired) electrons. The first-order chi connectivity index (χ1) is 4.20. The summed E-state index contributed by atoms with van der Waals surface area (Å²) in [5.41, 5.74) is 2.12. The predicted molar refractivity (Wildman–Crippen MR) is 31.5 cm³/mol. The molecule has 0 unspecified atom stereocenters. The van der Waals surface area contributed by atoms with Gasteiger partial charge in [0.15, 0.2) is 0 Å². The first-order valence-electron chi connectivity index (χ1n) is 2.93.